The van der Waals surface area contributed by atoms with Gasteiger partial charge >= 0.3 is 5.97 Å². The molecule has 2 rings (SSSR count). The van der Waals surface area contributed by atoms with Gasteiger partial charge in [-0.25, -0.2) is 4.39 Å². The summed E-state index contributed by atoms with van der Waals surface area (Å²) < 4.78 is 13.3. The molecule has 1 aromatic carbocycles. The van der Waals surface area contributed by atoms with Gasteiger partial charge in [0, 0.05) is 12.6 Å². The Morgan fingerprint density at radius 2 is 2.28 bits per heavy atom. The van der Waals surface area contributed by atoms with Gasteiger partial charge in [0.2, 0.25) is 0 Å². The molecule has 1 heterocycles. The zero-order valence-corrected chi connectivity index (χ0v) is 10.6. The molecular formula is C14H18FNO2. The van der Waals surface area contributed by atoms with Crippen molar-refractivity contribution < 1.29 is 14.3 Å². The number of carboxylic acids is 1. The van der Waals surface area contributed by atoms with Crippen LogP contribution in [0.25, 0.3) is 0 Å². The number of benzene rings is 1. The largest absolute Gasteiger partial charge is 0.481 e. The Labute approximate surface area is 106 Å². The first-order chi connectivity index (χ1) is 8.49. The normalized spacial score (nSPS) is 25.1. The lowest BCUT2D eigenvalue weighted by Gasteiger charge is -2.16. The van der Waals surface area contributed by atoms with Gasteiger partial charge in [-0.1, -0.05) is 18.2 Å². The van der Waals surface area contributed by atoms with Gasteiger partial charge in [0.15, 0.2) is 0 Å². The molecule has 0 saturated carbocycles. The third kappa shape index (κ3) is 2.53. The molecule has 1 aliphatic rings. The highest BCUT2D eigenvalue weighted by molar-refractivity contribution is 5.70. The van der Waals surface area contributed by atoms with Crippen LogP contribution < -0.4 is 5.32 Å². The second kappa shape index (κ2) is 5.06. The SMILES string of the molecule is Cc1ccc(C(C)F)cc1C1CC(C(=O)O)CN1. The van der Waals surface area contributed by atoms with Crippen LogP contribution in [0.15, 0.2) is 18.2 Å². The Kier molecular flexibility index (Phi) is 3.66. The number of aliphatic carboxylic acids is 1. The van der Waals surface area contributed by atoms with E-state index in [1.165, 1.54) is 6.92 Å². The maximum absolute atomic E-state index is 13.3. The molecule has 1 saturated heterocycles. The Hall–Kier alpha value is -1.42. The Balaban J connectivity index is 2.23. The molecule has 0 amide bonds. The van der Waals surface area contributed by atoms with Crippen molar-refractivity contribution in [1.82, 2.24) is 5.32 Å². The average Bonchev–Trinajstić information content (AvgIpc) is 2.78. The van der Waals surface area contributed by atoms with Crippen molar-refractivity contribution in [2.24, 2.45) is 5.92 Å². The number of carbonyl (C=O) groups is 1. The second-order valence-corrected chi connectivity index (χ2v) is 4.96. The van der Waals surface area contributed by atoms with Gasteiger partial charge in [-0.2, -0.15) is 0 Å². The molecule has 0 aromatic heterocycles. The topological polar surface area (TPSA) is 49.3 Å². The van der Waals surface area contributed by atoms with E-state index in [2.05, 4.69) is 5.32 Å². The fourth-order valence-corrected chi connectivity index (χ4v) is 2.44. The van der Waals surface area contributed by atoms with Gasteiger partial charge in [0.25, 0.3) is 0 Å². The van der Waals surface area contributed by atoms with E-state index in [1.807, 2.05) is 19.1 Å². The van der Waals surface area contributed by atoms with Crippen molar-refractivity contribution in [1.29, 1.82) is 0 Å². The average molecular weight is 251 g/mol. The lowest BCUT2D eigenvalue weighted by molar-refractivity contribution is -0.141. The lowest BCUT2D eigenvalue weighted by Crippen LogP contribution is -2.17. The van der Waals surface area contributed by atoms with Crippen molar-refractivity contribution in [3.8, 4) is 0 Å². The van der Waals surface area contributed by atoms with Crippen LogP contribution >= 0.6 is 0 Å². The summed E-state index contributed by atoms with van der Waals surface area (Å²) in [6.45, 7) is 3.96. The number of nitrogens with one attached hydrogen (secondary N) is 1. The molecule has 3 nitrogen and oxygen atoms in total. The third-order valence-electron chi connectivity index (χ3n) is 3.62. The highest BCUT2D eigenvalue weighted by atomic mass is 19.1. The predicted octanol–water partition coefficient (Wildman–Crippen LogP) is 2.76. The highest BCUT2D eigenvalue weighted by Crippen LogP contribution is 2.31. The monoisotopic (exact) mass is 251 g/mol. The van der Waals surface area contributed by atoms with Gasteiger partial charge < -0.3 is 10.4 Å². The van der Waals surface area contributed by atoms with E-state index < -0.39 is 12.1 Å². The van der Waals surface area contributed by atoms with Crippen LogP contribution in [0.5, 0.6) is 0 Å². The van der Waals surface area contributed by atoms with Crippen molar-refractivity contribution in [3.63, 3.8) is 0 Å². The van der Waals surface area contributed by atoms with E-state index in [-0.39, 0.29) is 12.0 Å². The number of alkyl halides is 1. The molecule has 0 radical (unpaired) electrons. The smallest absolute Gasteiger partial charge is 0.307 e. The number of aryl methyl sites for hydroxylation is 1. The van der Waals surface area contributed by atoms with Gasteiger partial charge in [0.05, 0.1) is 5.92 Å². The standard InChI is InChI=1S/C14H18FNO2/c1-8-3-4-10(9(2)15)5-12(8)13-6-11(7-16-13)14(17)18/h3-5,9,11,13,16H,6-7H2,1-2H3,(H,17,18). The molecular weight excluding hydrogens is 233 g/mol. The van der Waals surface area contributed by atoms with E-state index in [1.54, 1.807) is 6.07 Å². The molecule has 98 valence electrons. The van der Waals surface area contributed by atoms with Crippen molar-refractivity contribution in [2.45, 2.75) is 32.5 Å². The molecule has 1 aromatic rings. The molecule has 2 N–H and O–H groups in total. The van der Waals surface area contributed by atoms with Gasteiger partial charge in [-0.3, -0.25) is 4.79 Å². The van der Waals surface area contributed by atoms with Crippen molar-refractivity contribution >= 4 is 5.97 Å². The van der Waals surface area contributed by atoms with Crippen LogP contribution in [-0.2, 0) is 4.79 Å². The van der Waals surface area contributed by atoms with Crippen molar-refractivity contribution in [2.75, 3.05) is 6.54 Å². The quantitative estimate of drug-likeness (QED) is 0.868. The highest BCUT2D eigenvalue weighted by Gasteiger charge is 2.30. The summed E-state index contributed by atoms with van der Waals surface area (Å²) in [5.41, 5.74) is 2.74. The third-order valence-corrected chi connectivity index (χ3v) is 3.62. The Morgan fingerprint density at radius 1 is 1.56 bits per heavy atom. The van der Waals surface area contributed by atoms with E-state index in [4.69, 9.17) is 5.11 Å². The van der Waals surface area contributed by atoms with Gasteiger partial charge in [-0.15, -0.1) is 0 Å². The molecule has 1 fully saturated rings. The van der Waals surface area contributed by atoms with Crippen LogP contribution in [-0.4, -0.2) is 17.6 Å². The summed E-state index contributed by atoms with van der Waals surface area (Å²) in [5, 5.41) is 12.2. The summed E-state index contributed by atoms with van der Waals surface area (Å²) in [5.74, 6) is -1.11. The Bertz CT molecular complexity index is 459. The first-order valence-electron chi connectivity index (χ1n) is 6.19. The zero-order valence-electron chi connectivity index (χ0n) is 10.6. The van der Waals surface area contributed by atoms with E-state index in [0.29, 0.717) is 18.5 Å². The number of hydrogen-bond donors (Lipinski definition) is 2. The molecule has 3 atom stereocenters. The molecule has 3 unspecified atom stereocenters. The zero-order chi connectivity index (χ0) is 13.3. The second-order valence-electron chi connectivity index (χ2n) is 4.96. The molecule has 0 aliphatic carbocycles. The van der Waals surface area contributed by atoms with Crippen LogP contribution in [0.3, 0.4) is 0 Å². The first-order valence-corrected chi connectivity index (χ1v) is 6.19. The maximum Gasteiger partial charge on any atom is 0.307 e. The number of halogens is 1. The van der Waals surface area contributed by atoms with Crippen LogP contribution in [0.2, 0.25) is 0 Å². The number of carboxylic acid groups (broad SMARTS) is 1. The fraction of sp³-hybridized carbons (Fsp3) is 0.500. The van der Waals surface area contributed by atoms with Crippen molar-refractivity contribution in [3.05, 3.63) is 34.9 Å². The minimum Gasteiger partial charge on any atom is -0.481 e. The Morgan fingerprint density at radius 3 is 2.83 bits per heavy atom. The maximum atomic E-state index is 13.3. The molecule has 1 aliphatic heterocycles. The fourth-order valence-electron chi connectivity index (χ4n) is 2.44. The molecule has 0 spiro atoms. The van der Waals surface area contributed by atoms with Gasteiger partial charge in [0.1, 0.15) is 6.17 Å². The number of rotatable bonds is 3. The minimum atomic E-state index is -0.999. The van der Waals surface area contributed by atoms with E-state index in [0.717, 1.165) is 11.1 Å². The van der Waals surface area contributed by atoms with E-state index >= 15 is 0 Å². The lowest BCUT2D eigenvalue weighted by atomic mass is 9.94. The van der Waals surface area contributed by atoms with Crippen LogP contribution in [0.1, 0.15) is 42.2 Å². The predicted molar refractivity (Wildman–Crippen MR) is 67.2 cm³/mol. The molecule has 18 heavy (non-hydrogen) atoms. The molecule has 4 heteroatoms. The first kappa shape index (κ1) is 13.0. The van der Waals surface area contributed by atoms with Crippen LogP contribution in [0.4, 0.5) is 4.39 Å². The molecule has 0 bridgehead atoms. The van der Waals surface area contributed by atoms with E-state index in [9.17, 15) is 9.18 Å². The summed E-state index contributed by atoms with van der Waals surface area (Å²) in [6.07, 6.45) is -0.429. The minimum absolute atomic E-state index is 0.0183. The summed E-state index contributed by atoms with van der Waals surface area (Å²) >= 11 is 0. The summed E-state index contributed by atoms with van der Waals surface area (Å²) in [6, 6.07) is 5.55. The van der Waals surface area contributed by atoms with Gasteiger partial charge in [-0.05, 0) is 37.0 Å². The van der Waals surface area contributed by atoms with Crippen LogP contribution in [0, 0.1) is 12.8 Å². The summed E-state index contributed by atoms with van der Waals surface area (Å²) in [7, 11) is 0. The number of hydrogen-bond acceptors (Lipinski definition) is 2. The summed E-state index contributed by atoms with van der Waals surface area (Å²) in [4.78, 5) is 10.9.